The van der Waals surface area contributed by atoms with Gasteiger partial charge in [-0.3, -0.25) is 4.48 Å². The molecule has 0 fully saturated rings. The molecule has 0 unspecified atom stereocenters. The molecule has 0 atom stereocenters. The summed E-state index contributed by atoms with van der Waals surface area (Å²) < 4.78 is -0.439. The van der Waals surface area contributed by atoms with Crippen LogP contribution in [0.5, 0.6) is 0 Å². The molecule has 0 aliphatic heterocycles. The molecular formula is C20H36NO6+. The first-order chi connectivity index (χ1) is 12.8. The summed E-state index contributed by atoms with van der Waals surface area (Å²) in [6, 6.07) is 0. The summed E-state index contributed by atoms with van der Waals surface area (Å²) in [4.78, 5) is 33.3. The van der Waals surface area contributed by atoms with Gasteiger partial charge in [-0.15, -0.1) is 0 Å². The van der Waals surface area contributed by atoms with Gasteiger partial charge in [0.2, 0.25) is 0 Å². The Morgan fingerprint density at radius 3 is 1.48 bits per heavy atom. The SMILES string of the molecule is CC/C=C/CCCCCCCCCC[N+](CC(=O)O)(CC(=O)O)CC(=O)O. The van der Waals surface area contributed by atoms with Crippen molar-refractivity contribution in [2.75, 3.05) is 26.2 Å². The normalized spacial score (nSPS) is 11.7. The third-order valence-electron chi connectivity index (χ3n) is 4.57. The van der Waals surface area contributed by atoms with Gasteiger partial charge >= 0.3 is 17.9 Å². The summed E-state index contributed by atoms with van der Waals surface area (Å²) in [7, 11) is 0. The molecule has 0 spiro atoms. The molecule has 0 aromatic carbocycles. The van der Waals surface area contributed by atoms with Gasteiger partial charge in [0, 0.05) is 0 Å². The molecule has 0 saturated heterocycles. The lowest BCUT2D eigenvalue weighted by Crippen LogP contribution is -2.57. The zero-order valence-electron chi connectivity index (χ0n) is 16.6. The monoisotopic (exact) mass is 386 g/mol. The van der Waals surface area contributed by atoms with Crippen LogP contribution in [0.4, 0.5) is 0 Å². The lowest BCUT2D eigenvalue weighted by Gasteiger charge is -2.34. The summed E-state index contributed by atoms with van der Waals surface area (Å²) in [6.45, 7) is 0.945. The minimum Gasteiger partial charge on any atom is -0.477 e. The van der Waals surface area contributed by atoms with E-state index in [1.165, 1.54) is 19.3 Å². The molecule has 7 nitrogen and oxygen atoms in total. The highest BCUT2D eigenvalue weighted by Gasteiger charge is 2.35. The maximum absolute atomic E-state index is 11.1. The minimum atomic E-state index is -1.17. The number of hydrogen-bond donors (Lipinski definition) is 3. The third kappa shape index (κ3) is 14.9. The molecule has 7 heteroatoms. The van der Waals surface area contributed by atoms with E-state index in [0.717, 1.165) is 38.5 Å². The molecule has 0 aliphatic rings. The van der Waals surface area contributed by atoms with Gasteiger partial charge in [-0.2, -0.15) is 0 Å². The van der Waals surface area contributed by atoms with Gasteiger partial charge in [-0.05, 0) is 32.1 Å². The summed E-state index contributed by atoms with van der Waals surface area (Å²) in [5, 5.41) is 27.2. The number of allylic oxidation sites excluding steroid dienone is 2. The average Bonchev–Trinajstić information content (AvgIpc) is 2.53. The van der Waals surface area contributed by atoms with Crippen molar-refractivity contribution in [3.05, 3.63) is 12.2 Å². The first-order valence-corrected chi connectivity index (χ1v) is 9.97. The Morgan fingerprint density at radius 1 is 0.667 bits per heavy atom. The molecule has 27 heavy (non-hydrogen) atoms. The van der Waals surface area contributed by atoms with Crippen LogP contribution in [0, 0.1) is 0 Å². The predicted octanol–water partition coefficient (Wildman–Crippen LogP) is 3.53. The van der Waals surface area contributed by atoms with Gasteiger partial charge in [0.05, 0.1) is 6.54 Å². The molecule has 0 heterocycles. The highest BCUT2D eigenvalue weighted by Crippen LogP contribution is 2.14. The Kier molecular flexibility index (Phi) is 14.1. The number of carboxylic acids is 3. The maximum Gasteiger partial charge on any atom is 0.359 e. The van der Waals surface area contributed by atoms with E-state index in [9.17, 15) is 14.4 Å². The van der Waals surface area contributed by atoms with E-state index in [0.29, 0.717) is 6.42 Å². The second-order valence-corrected chi connectivity index (χ2v) is 7.22. The third-order valence-corrected chi connectivity index (χ3v) is 4.57. The number of hydrogen-bond acceptors (Lipinski definition) is 3. The molecule has 0 radical (unpaired) electrons. The van der Waals surface area contributed by atoms with E-state index < -0.39 is 42.0 Å². The Hall–Kier alpha value is -1.89. The van der Waals surface area contributed by atoms with Gasteiger partial charge in [-0.1, -0.05) is 51.2 Å². The summed E-state index contributed by atoms with van der Waals surface area (Å²) >= 11 is 0. The maximum atomic E-state index is 11.1. The lowest BCUT2D eigenvalue weighted by atomic mass is 10.1. The molecule has 0 aliphatic carbocycles. The second-order valence-electron chi connectivity index (χ2n) is 7.22. The van der Waals surface area contributed by atoms with Gasteiger partial charge < -0.3 is 15.3 Å². The summed E-state index contributed by atoms with van der Waals surface area (Å²) in [5.74, 6) is -3.52. The van der Waals surface area contributed by atoms with Crippen molar-refractivity contribution in [1.82, 2.24) is 0 Å². The van der Waals surface area contributed by atoms with Crippen LogP contribution in [0.3, 0.4) is 0 Å². The van der Waals surface area contributed by atoms with Gasteiger partial charge in [0.15, 0.2) is 19.6 Å². The van der Waals surface area contributed by atoms with Crippen LogP contribution >= 0.6 is 0 Å². The number of carbonyl (C=O) groups is 3. The fraction of sp³-hybridized carbons (Fsp3) is 0.750. The van der Waals surface area contributed by atoms with E-state index in [2.05, 4.69) is 19.1 Å². The van der Waals surface area contributed by atoms with Crippen LogP contribution in [0.1, 0.15) is 71.1 Å². The van der Waals surface area contributed by atoms with Crippen LogP contribution in [0.2, 0.25) is 0 Å². The quantitative estimate of drug-likeness (QED) is 0.189. The van der Waals surface area contributed by atoms with Crippen molar-refractivity contribution < 1.29 is 34.2 Å². The predicted molar refractivity (Wildman–Crippen MR) is 104 cm³/mol. The average molecular weight is 387 g/mol. The summed E-state index contributed by atoms with van der Waals surface area (Å²) in [5.41, 5.74) is 0. The van der Waals surface area contributed by atoms with Crippen molar-refractivity contribution in [2.24, 2.45) is 0 Å². The van der Waals surface area contributed by atoms with Crippen molar-refractivity contribution in [2.45, 2.75) is 71.1 Å². The topological polar surface area (TPSA) is 112 Å². The minimum absolute atomic E-state index is 0.259. The van der Waals surface area contributed by atoms with Crippen molar-refractivity contribution >= 4 is 17.9 Å². The van der Waals surface area contributed by atoms with Gasteiger partial charge in [0.25, 0.3) is 0 Å². The van der Waals surface area contributed by atoms with E-state index in [-0.39, 0.29) is 6.54 Å². The molecule has 0 amide bonds. The number of carboxylic acid groups (broad SMARTS) is 3. The van der Waals surface area contributed by atoms with Crippen molar-refractivity contribution in [1.29, 1.82) is 0 Å². The second kappa shape index (κ2) is 15.2. The van der Waals surface area contributed by atoms with E-state index in [1.807, 2.05) is 0 Å². The van der Waals surface area contributed by atoms with Crippen LogP contribution < -0.4 is 0 Å². The molecule has 156 valence electrons. The van der Waals surface area contributed by atoms with Crippen LogP contribution in [-0.2, 0) is 14.4 Å². The van der Waals surface area contributed by atoms with E-state index in [1.54, 1.807) is 0 Å². The number of quaternary nitrogens is 1. The standard InChI is InChI=1S/C20H35NO6/c1-2-3-4-5-6-7-8-9-10-11-12-13-14-21(15-18(22)23,16-19(24)25)17-20(26)27/h3-4H,2,5-17H2,1H3,(H2-,22,23,24,25,26,27)/p+1/b4-3+. The Balaban J connectivity index is 4.11. The Morgan fingerprint density at radius 2 is 1.07 bits per heavy atom. The number of aliphatic carboxylic acids is 3. The van der Waals surface area contributed by atoms with Gasteiger partial charge in [-0.25, -0.2) is 14.4 Å². The molecule has 0 bridgehead atoms. The fourth-order valence-corrected chi connectivity index (χ4v) is 3.32. The Bertz CT molecular complexity index is 434. The fourth-order valence-electron chi connectivity index (χ4n) is 3.32. The van der Waals surface area contributed by atoms with E-state index in [4.69, 9.17) is 15.3 Å². The smallest absolute Gasteiger partial charge is 0.359 e. The molecule has 0 aromatic rings. The molecule has 0 saturated carbocycles. The van der Waals surface area contributed by atoms with Crippen LogP contribution in [-0.4, -0.2) is 63.9 Å². The van der Waals surface area contributed by atoms with Gasteiger partial charge in [0.1, 0.15) is 0 Å². The molecule has 0 rings (SSSR count). The summed E-state index contributed by atoms with van der Waals surface area (Å²) in [6.07, 6.45) is 15.1. The highest BCUT2D eigenvalue weighted by atomic mass is 16.4. The van der Waals surface area contributed by atoms with Crippen LogP contribution in [0.15, 0.2) is 12.2 Å². The van der Waals surface area contributed by atoms with Crippen LogP contribution in [0.25, 0.3) is 0 Å². The highest BCUT2D eigenvalue weighted by molar-refractivity contribution is 5.73. The first-order valence-electron chi connectivity index (χ1n) is 9.97. The van der Waals surface area contributed by atoms with Crippen molar-refractivity contribution in [3.63, 3.8) is 0 Å². The molecular weight excluding hydrogens is 350 g/mol. The first kappa shape index (κ1) is 25.1. The molecule has 3 N–H and O–H groups in total. The van der Waals surface area contributed by atoms with Crippen molar-refractivity contribution in [3.8, 4) is 0 Å². The van der Waals surface area contributed by atoms with E-state index >= 15 is 0 Å². The zero-order valence-corrected chi connectivity index (χ0v) is 16.6. The zero-order chi connectivity index (χ0) is 20.5. The number of unbranched alkanes of at least 4 members (excludes halogenated alkanes) is 8. The number of nitrogens with zero attached hydrogens (tertiary/aromatic N) is 1. The molecule has 0 aromatic heterocycles. The number of rotatable bonds is 18. The lowest BCUT2D eigenvalue weighted by molar-refractivity contribution is -0.907. The Labute approximate surface area is 162 Å². The largest absolute Gasteiger partial charge is 0.477 e.